The van der Waals surface area contributed by atoms with Crippen molar-refractivity contribution in [2.45, 2.75) is 32.5 Å². The lowest BCUT2D eigenvalue weighted by Crippen LogP contribution is -2.31. The smallest absolute Gasteiger partial charge is 0.387 e. The van der Waals surface area contributed by atoms with E-state index in [0.29, 0.717) is 5.56 Å². The number of benzene rings is 1. The van der Waals surface area contributed by atoms with Crippen molar-refractivity contribution in [3.8, 4) is 11.5 Å². The zero-order valence-electron chi connectivity index (χ0n) is 12.7. The molecule has 0 heterocycles. The summed E-state index contributed by atoms with van der Waals surface area (Å²) in [5.74, 6) is 0.0406. The lowest BCUT2D eigenvalue weighted by atomic mass is 10.1. The van der Waals surface area contributed by atoms with Crippen LogP contribution in [0.2, 0.25) is 0 Å². The second-order valence-corrected chi connectivity index (χ2v) is 4.79. The van der Waals surface area contributed by atoms with Crippen LogP contribution in [0.4, 0.5) is 8.78 Å². The molecule has 0 spiro atoms. The predicted octanol–water partition coefficient (Wildman–Crippen LogP) is 2.41. The average molecular weight is 339 g/mol. The molecular formula is C14H21ClF2N2O3. The summed E-state index contributed by atoms with van der Waals surface area (Å²) in [6.07, 6.45) is 0.229. The Labute approximate surface area is 134 Å². The molecule has 1 aromatic rings. The fourth-order valence-electron chi connectivity index (χ4n) is 1.80. The molecule has 1 atom stereocenters. The molecule has 2 N–H and O–H groups in total. The van der Waals surface area contributed by atoms with E-state index in [2.05, 4.69) is 4.74 Å². The summed E-state index contributed by atoms with van der Waals surface area (Å²) >= 11 is 0. The van der Waals surface area contributed by atoms with Crippen LogP contribution in [0.1, 0.15) is 18.9 Å². The van der Waals surface area contributed by atoms with Gasteiger partial charge in [0, 0.05) is 26.1 Å². The van der Waals surface area contributed by atoms with Gasteiger partial charge in [-0.05, 0) is 24.6 Å². The van der Waals surface area contributed by atoms with Gasteiger partial charge >= 0.3 is 6.61 Å². The standard InChI is InChI=1S/C14H20F2N2O3.ClH/c1-9(17)6-13(19)18(2)8-10-4-5-11(20-3)12(7-10)21-14(15)16;/h4-5,7,9,14H,6,8,17H2,1-3H3;1H. The highest BCUT2D eigenvalue weighted by Crippen LogP contribution is 2.29. The number of carbonyl (C=O) groups is 1. The second-order valence-electron chi connectivity index (χ2n) is 4.79. The Morgan fingerprint density at radius 1 is 1.36 bits per heavy atom. The summed E-state index contributed by atoms with van der Waals surface area (Å²) in [7, 11) is 2.99. The molecule has 0 bridgehead atoms. The van der Waals surface area contributed by atoms with Crippen molar-refractivity contribution in [1.82, 2.24) is 4.90 Å². The summed E-state index contributed by atoms with van der Waals surface area (Å²) < 4.78 is 34.0. The number of amides is 1. The molecule has 0 aromatic heterocycles. The third-order valence-electron chi connectivity index (χ3n) is 2.79. The minimum atomic E-state index is -2.94. The SMILES string of the molecule is COc1ccc(CN(C)C(=O)CC(C)N)cc1OC(F)F.Cl. The van der Waals surface area contributed by atoms with Crippen molar-refractivity contribution in [1.29, 1.82) is 0 Å². The number of hydrogen-bond donors (Lipinski definition) is 1. The quantitative estimate of drug-likeness (QED) is 0.829. The fraction of sp³-hybridized carbons (Fsp3) is 0.500. The molecular weight excluding hydrogens is 318 g/mol. The van der Waals surface area contributed by atoms with E-state index >= 15 is 0 Å². The van der Waals surface area contributed by atoms with Gasteiger partial charge in [-0.2, -0.15) is 8.78 Å². The van der Waals surface area contributed by atoms with Gasteiger partial charge in [0.1, 0.15) is 0 Å². The Morgan fingerprint density at radius 3 is 2.50 bits per heavy atom. The molecule has 126 valence electrons. The molecule has 1 rings (SSSR count). The molecule has 0 aliphatic carbocycles. The fourth-order valence-corrected chi connectivity index (χ4v) is 1.80. The Morgan fingerprint density at radius 2 is 2.00 bits per heavy atom. The molecule has 0 saturated carbocycles. The number of nitrogens with two attached hydrogens (primary N) is 1. The molecule has 0 saturated heterocycles. The zero-order chi connectivity index (χ0) is 16.0. The van der Waals surface area contributed by atoms with Gasteiger partial charge in [-0.15, -0.1) is 12.4 Å². The van der Waals surface area contributed by atoms with Crippen molar-refractivity contribution < 1.29 is 23.0 Å². The van der Waals surface area contributed by atoms with Crippen molar-refractivity contribution in [2.75, 3.05) is 14.2 Å². The number of ether oxygens (including phenoxy) is 2. The second kappa shape index (κ2) is 9.42. The van der Waals surface area contributed by atoms with Crippen LogP contribution in [0.25, 0.3) is 0 Å². The predicted molar refractivity (Wildman–Crippen MR) is 81.6 cm³/mol. The van der Waals surface area contributed by atoms with E-state index in [0.717, 1.165) is 0 Å². The van der Waals surface area contributed by atoms with E-state index < -0.39 is 6.61 Å². The lowest BCUT2D eigenvalue weighted by Gasteiger charge is -2.19. The number of methoxy groups -OCH3 is 1. The maximum atomic E-state index is 12.3. The summed E-state index contributed by atoms with van der Waals surface area (Å²) in [6, 6.07) is 4.42. The monoisotopic (exact) mass is 338 g/mol. The molecule has 22 heavy (non-hydrogen) atoms. The number of nitrogens with zero attached hydrogens (tertiary/aromatic N) is 1. The van der Waals surface area contributed by atoms with Crippen molar-refractivity contribution in [2.24, 2.45) is 5.73 Å². The van der Waals surface area contributed by atoms with Gasteiger partial charge in [-0.1, -0.05) is 6.07 Å². The largest absolute Gasteiger partial charge is 0.493 e. The third-order valence-corrected chi connectivity index (χ3v) is 2.79. The number of hydrogen-bond acceptors (Lipinski definition) is 4. The van der Waals surface area contributed by atoms with Crippen LogP contribution in [0.15, 0.2) is 18.2 Å². The first-order chi connectivity index (χ1) is 9.83. The molecule has 8 heteroatoms. The molecule has 1 unspecified atom stereocenters. The van der Waals surface area contributed by atoms with Crippen LogP contribution in [0, 0.1) is 0 Å². The summed E-state index contributed by atoms with van der Waals surface area (Å²) in [5.41, 5.74) is 6.23. The summed E-state index contributed by atoms with van der Waals surface area (Å²) in [6.45, 7) is -0.922. The molecule has 1 aromatic carbocycles. The number of rotatable bonds is 7. The van der Waals surface area contributed by atoms with Crippen molar-refractivity contribution in [3.63, 3.8) is 0 Å². The van der Waals surface area contributed by atoms with Crippen molar-refractivity contribution >= 4 is 18.3 Å². The van der Waals surface area contributed by atoms with E-state index in [4.69, 9.17) is 10.5 Å². The Kier molecular flexibility index (Phi) is 8.74. The maximum absolute atomic E-state index is 12.3. The maximum Gasteiger partial charge on any atom is 0.387 e. The Hall–Kier alpha value is -1.60. The highest BCUT2D eigenvalue weighted by atomic mass is 35.5. The van der Waals surface area contributed by atoms with E-state index in [1.165, 1.54) is 24.1 Å². The number of carbonyl (C=O) groups excluding carboxylic acids is 1. The highest BCUT2D eigenvalue weighted by Gasteiger charge is 2.14. The molecule has 0 aliphatic rings. The molecule has 5 nitrogen and oxygen atoms in total. The minimum Gasteiger partial charge on any atom is -0.493 e. The van der Waals surface area contributed by atoms with Gasteiger partial charge in [0.05, 0.1) is 7.11 Å². The van der Waals surface area contributed by atoms with Crippen LogP contribution in [-0.4, -0.2) is 37.6 Å². The molecule has 0 fully saturated rings. The topological polar surface area (TPSA) is 64.8 Å². The van der Waals surface area contributed by atoms with E-state index in [1.54, 1.807) is 20.0 Å². The Bertz CT molecular complexity index is 487. The first kappa shape index (κ1) is 20.4. The van der Waals surface area contributed by atoms with E-state index in [9.17, 15) is 13.6 Å². The third kappa shape index (κ3) is 6.44. The van der Waals surface area contributed by atoms with Crippen LogP contribution >= 0.6 is 12.4 Å². The van der Waals surface area contributed by atoms with Gasteiger partial charge in [0.15, 0.2) is 11.5 Å². The number of halogens is 3. The highest BCUT2D eigenvalue weighted by molar-refractivity contribution is 5.85. The molecule has 0 aliphatic heterocycles. The minimum absolute atomic E-state index is 0. The first-order valence-electron chi connectivity index (χ1n) is 6.44. The lowest BCUT2D eigenvalue weighted by molar-refractivity contribution is -0.130. The normalized spacial score (nSPS) is 11.6. The van der Waals surface area contributed by atoms with Crippen LogP contribution in [0.3, 0.4) is 0 Å². The zero-order valence-corrected chi connectivity index (χ0v) is 13.5. The first-order valence-corrected chi connectivity index (χ1v) is 6.44. The van der Waals surface area contributed by atoms with Gasteiger partial charge in [-0.25, -0.2) is 0 Å². The average Bonchev–Trinajstić information content (AvgIpc) is 2.37. The summed E-state index contributed by atoms with van der Waals surface area (Å²) in [4.78, 5) is 13.3. The molecule has 1 amide bonds. The van der Waals surface area contributed by atoms with Crippen molar-refractivity contribution in [3.05, 3.63) is 23.8 Å². The van der Waals surface area contributed by atoms with Gasteiger partial charge < -0.3 is 20.1 Å². The van der Waals surface area contributed by atoms with Crippen LogP contribution in [0.5, 0.6) is 11.5 Å². The Balaban J connectivity index is 0.00000441. The van der Waals surface area contributed by atoms with E-state index in [1.807, 2.05) is 0 Å². The van der Waals surface area contributed by atoms with E-state index in [-0.39, 0.29) is 48.8 Å². The van der Waals surface area contributed by atoms with Gasteiger partial charge in [-0.3, -0.25) is 4.79 Å². The van der Waals surface area contributed by atoms with Gasteiger partial charge in [0.25, 0.3) is 0 Å². The molecule has 0 radical (unpaired) electrons. The van der Waals surface area contributed by atoms with Crippen LogP contribution < -0.4 is 15.2 Å². The van der Waals surface area contributed by atoms with Crippen LogP contribution in [-0.2, 0) is 11.3 Å². The summed E-state index contributed by atoms with van der Waals surface area (Å²) in [5, 5.41) is 0. The van der Waals surface area contributed by atoms with Gasteiger partial charge in [0.2, 0.25) is 5.91 Å². The number of alkyl halides is 2.